The second kappa shape index (κ2) is 4.47. The van der Waals surface area contributed by atoms with Gasteiger partial charge in [-0.25, -0.2) is 0 Å². The van der Waals surface area contributed by atoms with Gasteiger partial charge in [0.05, 0.1) is 6.61 Å². The highest BCUT2D eigenvalue weighted by Crippen LogP contribution is 2.23. The van der Waals surface area contributed by atoms with Crippen molar-refractivity contribution in [3.63, 3.8) is 0 Å². The maximum Gasteiger partial charge on any atom is 0.244 e. The van der Waals surface area contributed by atoms with Gasteiger partial charge in [-0.1, -0.05) is 0 Å². The number of rotatable bonds is 4. The van der Waals surface area contributed by atoms with Gasteiger partial charge in [-0.05, 0) is 0 Å². The molecule has 0 aromatic carbocycles. The molecule has 14 heavy (non-hydrogen) atoms. The van der Waals surface area contributed by atoms with Gasteiger partial charge in [0.2, 0.25) is 11.8 Å². The standard InChI is InChI=1S/C7H13N5O2/c1-13-2-3-14-6-4(8)5(9)11-7(10)12-6/h2-3,8H2,1H3,(H4,9,10,11,12). The minimum absolute atomic E-state index is 0.0316. The van der Waals surface area contributed by atoms with E-state index < -0.39 is 0 Å². The van der Waals surface area contributed by atoms with Crippen molar-refractivity contribution in [3.05, 3.63) is 0 Å². The van der Waals surface area contributed by atoms with Crippen LogP contribution in [0.4, 0.5) is 17.5 Å². The highest BCUT2D eigenvalue weighted by molar-refractivity contribution is 5.65. The topological polar surface area (TPSA) is 122 Å². The van der Waals surface area contributed by atoms with E-state index in [9.17, 15) is 0 Å². The largest absolute Gasteiger partial charge is 0.474 e. The van der Waals surface area contributed by atoms with Crippen molar-refractivity contribution >= 4 is 17.5 Å². The van der Waals surface area contributed by atoms with Gasteiger partial charge in [-0.15, -0.1) is 0 Å². The van der Waals surface area contributed by atoms with Crippen LogP contribution in [0.15, 0.2) is 0 Å². The normalized spacial score (nSPS) is 10.1. The summed E-state index contributed by atoms with van der Waals surface area (Å²) in [4.78, 5) is 7.46. The van der Waals surface area contributed by atoms with Crippen LogP contribution >= 0.6 is 0 Å². The van der Waals surface area contributed by atoms with Gasteiger partial charge in [0.15, 0.2) is 5.82 Å². The molecule has 0 aliphatic rings. The van der Waals surface area contributed by atoms with Crippen LogP contribution in [-0.2, 0) is 4.74 Å². The third-order valence-corrected chi connectivity index (χ3v) is 1.48. The smallest absolute Gasteiger partial charge is 0.244 e. The molecular weight excluding hydrogens is 186 g/mol. The summed E-state index contributed by atoms with van der Waals surface area (Å²) in [6.07, 6.45) is 0. The average molecular weight is 199 g/mol. The van der Waals surface area contributed by atoms with E-state index in [1.165, 1.54) is 0 Å². The number of methoxy groups -OCH3 is 1. The SMILES string of the molecule is COCCOc1nc(N)nc(N)c1N. The zero-order chi connectivity index (χ0) is 10.6. The molecule has 1 rings (SSSR count). The molecule has 7 nitrogen and oxygen atoms in total. The highest BCUT2D eigenvalue weighted by atomic mass is 16.5. The zero-order valence-corrected chi connectivity index (χ0v) is 7.86. The fraction of sp³-hybridized carbons (Fsp3) is 0.429. The first-order valence-corrected chi connectivity index (χ1v) is 3.95. The van der Waals surface area contributed by atoms with Crippen LogP contribution in [0.25, 0.3) is 0 Å². The highest BCUT2D eigenvalue weighted by Gasteiger charge is 2.08. The molecule has 0 unspecified atom stereocenters. The number of hydrogen-bond acceptors (Lipinski definition) is 7. The molecule has 0 aliphatic carbocycles. The van der Waals surface area contributed by atoms with Crippen LogP contribution in [-0.4, -0.2) is 30.3 Å². The lowest BCUT2D eigenvalue weighted by molar-refractivity contribution is 0.144. The van der Waals surface area contributed by atoms with Crippen LogP contribution in [0.1, 0.15) is 0 Å². The molecule has 0 radical (unpaired) electrons. The Morgan fingerprint density at radius 1 is 1.14 bits per heavy atom. The third kappa shape index (κ3) is 2.36. The first-order chi connectivity index (χ1) is 6.65. The molecule has 6 N–H and O–H groups in total. The van der Waals surface area contributed by atoms with Gasteiger partial charge in [0.25, 0.3) is 0 Å². The zero-order valence-electron chi connectivity index (χ0n) is 7.86. The quantitative estimate of drug-likeness (QED) is 0.545. The van der Waals surface area contributed by atoms with Crippen molar-refractivity contribution in [1.29, 1.82) is 0 Å². The summed E-state index contributed by atoms with van der Waals surface area (Å²) in [7, 11) is 1.56. The maximum atomic E-state index is 5.56. The second-order valence-electron chi connectivity index (χ2n) is 2.53. The van der Waals surface area contributed by atoms with Gasteiger partial charge in [0, 0.05) is 7.11 Å². The first kappa shape index (κ1) is 10.3. The molecule has 0 fully saturated rings. The van der Waals surface area contributed by atoms with E-state index in [4.69, 9.17) is 26.7 Å². The van der Waals surface area contributed by atoms with Crippen molar-refractivity contribution in [3.8, 4) is 5.88 Å². The second-order valence-corrected chi connectivity index (χ2v) is 2.53. The van der Waals surface area contributed by atoms with Crippen LogP contribution in [0.3, 0.4) is 0 Å². The minimum Gasteiger partial charge on any atom is -0.474 e. The summed E-state index contributed by atoms with van der Waals surface area (Å²) in [6, 6.07) is 0. The number of nitrogen functional groups attached to an aromatic ring is 3. The molecule has 78 valence electrons. The Kier molecular flexibility index (Phi) is 3.29. The molecule has 1 heterocycles. The molecule has 0 amide bonds. The first-order valence-electron chi connectivity index (χ1n) is 3.95. The Morgan fingerprint density at radius 2 is 1.86 bits per heavy atom. The Balaban J connectivity index is 2.75. The predicted octanol–water partition coefficient (Wildman–Crippen LogP) is -0.752. The van der Waals surface area contributed by atoms with Gasteiger partial charge in [-0.3, -0.25) is 0 Å². The molecule has 0 saturated heterocycles. The molecule has 1 aromatic rings. The van der Waals surface area contributed by atoms with Gasteiger partial charge < -0.3 is 26.7 Å². The van der Waals surface area contributed by atoms with Crippen molar-refractivity contribution in [2.24, 2.45) is 0 Å². The Morgan fingerprint density at radius 3 is 2.50 bits per heavy atom. The molecule has 0 atom stereocenters. The molecule has 0 spiro atoms. The van der Waals surface area contributed by atoms with Crippen LogP contribution in [0.5, 0.6) is 5.88 Å². The average Bonchev–Trinajstić information content (AvgIpc) is 2.13. The summed E-state index contributed by atoms with van der Waals surface area (Å²) in [5.74, 6) is 0.334. The molecule has 0 saturated carbocycles. The lowest BCUT2D eigenvalue weighted by Crippen LogP contribution is -2.11. The number of nitrogens with zero attached hydrogens (tertiary/aromatic N) is 2. The van der Waals surface area contributed by atoms with E-state index in [1.54, 1.807) is 7.11 Å². The number of hydrogen-bond donors (Lipinski definition) is 3. The minimum atomic E-state index is 0.0316. The summed E-state index contributed by atoms with van der Waals surface area (Å²) < 4.78 is 9.97. The van der Waals surface area contributed by atoms with E-state index in [0.29, 0.717) is 13.2 Å². The molecule has 0 aliphatic heterocycles. The fourth-order valence-corrected chi connectivity index (χ4v) is 0.814. The monoisotopic (exact) mass is 199 g/mol. The number of aromatic nitrogens is 2. The molecule has 7 heteroatoms. The molecule has 0 bridgehead atoms. The maximum absolute atomic E-state index is 5.56. The van der Waals surface area contributed by atoms with E-state index in [2.05, 4.69) is 9.97 Å². The molecular formula is C7H13N5O2. The van der Waals surface area contributed by atoms with Gasteiger partial charge in [0.1, 0.15) is 12.3 Å². The van der Waals surface area contributed by atoms with Gasteiger partial charge >= 0.3 is 0 Å². The number of ether oxygens (including phenoxy) is 2. The third-order valence-electron chi connectivity index (χ3n) is 1.48. The molecule has 1 aromatic heterocycles. The fourth-order valence-electron chi connectivity index (χ4n) is 0.814. The Hall–Kier alpha value is -1.76. The van der Waals surface area contributed by atoms with Crippen molar-refractivity contribution in [2.75, 3.05) is 37.5 Å². The van der Waals surface area contributed by atoms with Crippen molar-refractivity contribution < 1.29 is 9.47 Å². The van der Waals surface area contributed by atoms with Crippen molar-refractivity contribution in [1.82, 2.24) is 9.97 Å². The number of nitrogens with two attached hydrogens (primary N) is 3. The van der Waals surface area contributed by atoms with Crippen molar-refractivity contribution in [2.45, 2.75) is 0 Å². The predicted molar refractivity (Wildman–Crippen MR) is 52.6 cm³/mol. The Labute approximate surface area is 81.2 Å². The van der Waals surface area contributed by atoms with Crippen LogP contribution < -0.4 is 21.9 Å². The van der Waals surface area contributed by atoms with E-state index >= 15 is 0 Å². The van der Waals surface area contributed by atoms with E-state index in [1.807, 2.05) is 0 Å². The van der Waals surface area contributed by atoms with E-state index in [-0.39, 0.29) is 23.3 Å². The summed E-state index contributed by atoms with van der Waals surface area (Å²) in [6.45, 7) is 0.764. The summed E-state index contributed by atoms with van der Waals surface area (Å²) >= 11 is 0. The lowest BCUT2D eigenvalue weighted by Gasteiger charge is -2.08. The number of anilines is 3. The van der Waals surface area contributed by atoms with Crippen LogP contribution in [0.2, 0.25) is 0 Å². The lowest BCUT2D eigenvalue weighted by atomic mass is 10.5. The Bertz CT molecular complexity index is 317. The van der Waals surface area contributed by atoms with E-state index in [0.717, 1.165) is 0 Å². The van der Waals surface area contributed by atoms with Crippen LogP contribution in [0, 0.1) is 0 Å². The summed E-state index contributed by atoms with van der Waals surface area (Å²) in [5, 5.41) is 0. The van der Waals surface area contributed by atoms with Gasteiger partial charge in [-0.2, -0.15) is 9.97 Å². The summed E-state index contributed by atoms with van der Waals surface area (Å²) in [5.41, 5.74) is 16.6.